The largest absolute Gasteiger partial charge is 0.490 e. The Bertz CT molecular complexity index is 1250. The zero-order valence-electron chi connectivity index (χ0n) is 18.9. The third-order valence-electron chi connectivity index (χ3n) is 5.56. The molecule has 1 aliphatic heterocycles. The zero-order valence-corrected chi connectivity index (χ0v) is 19.7. The molecule has 2 aromatic carbocycles. The van der Waals surface area contributed by atoms with Crippen molar-refractivity contribution in [1.82, 2.24) is 14.7 Å². The molecule has 1 aliphatic rings. The number of carbonyl (C=O) groups excluding carboxylic acids is 1. The fourth-order valence-corrected chi connectivity index (χ4v) is 4.20. The Kier molecular flexibility index (Phi) is 6.70. The average Bonchev–Trinajstić information content (AvgIpc) is 2.80. The van der Waals surface area contributed by atoms with Gasteiger partial charge in [0.05, 0.1) is 23.9 Å². The van der Waals surface area contributed by atoms with Crippen LogP contribution in [0.15, 0.2) is 47.3 Å². The Balaban J connectivity index is 1.66. The molecule has 0 radical (unpaired) electrons. The van der Waals surface area contributed by atoms with Gasteiger partial charge >= 0.3 is 0 Å². The Hall–Kier alpha value is -3.32. The second-order valence-corrected chi connectivity index (χ2v) is 8.18. The number of ether oxygens (including phenoxy) is 2. The highest BCUT2D eigenvalue weighted by molar-refractivity contribution is 6.32. The minimum absolute atomic E-state index is 0.125. The van der Waals surface area contributed by atoms with E-state index in [-0.39, 0.29) is 5.69 Å². The third kappa shape index (κ3) is 4.59. The molecule has 0 spiro atoms. The summed E-state index contributed by atoms with van der Waals surface area (Å²) in [5, 5.41) is 4.89. The summed E-state index contributed by atoms with van der Waals surface area (Å²) in [4.78, 5) is 27.7. The highest BCUT2D eigenvalue weighted by Crippen LogP contribution is 2.34. The van der Waals surface area contributed by atoms with Crippen LogP contribution in [0.4, 0.5) is 0 Å². The fourth-order valence-electron chi connectivity index (χ4n) is 3.99. The molecule has 0 N–H and O–H groups in total. The van der Waals surface area contributed by atoms with E-state index < -0.39 is 11.3 Å². The van der Waals surface area contributed by atoms with E-state index in [9.17, 15) is 9.59 Å². The van der Waals surface area contributed by atoms with Crippen LogP contribution in [0.5, 0.6) is 11.5 Å². The normalized spacial score (nSPS) is 12.9. The first kappa shape index (κ1) is 22.9. The minimum atomic E-state index is -0.409. The van der Waals surface area contributed by atoms with Crippen LogP contribution in [0.3, 0.4) is 0 Å². The maximum Gasteiger partial charge on any atom is 0.278 e. The second-order valence-electron chi connectivity index (χ2n) is 7.77. The van der Waals surface area contributed by atoms with Gasteiger partial charge in [0.15, 0.2) is 17.2 Å². The van der Waals surface area contributed by atoms with E-state index in [1.807, 2.05) is 38.1 Å². The second kappa shape index (κ2) is 9.67. The molecule has 8 heteroatoms. The number of fused-ring (bicyclic) bond motifs is 1. The Morgan fingerprint density at radius 1 is 1.06 bits per heavy atom. The molecule has 0 aliphatic carbocycles. The van der Waals surface area contributed by atoms with E-state index in [1.54, 1.807) is 24.0 Å². The molecule has 0 atom stereocenters. The number of hydrogen-bond donors (Lipinski definition) is 0. The number of carbonyl (C=O) groups is 1. The van der Waals surface area contributed by atoms with Crippen LogP contribution in [0.1, 0.15) is 41.2 Å². The van der Waals surface area contributed by atoms with Gasteiger partial charge in [0.1, 0.15) is 0 Å². The summed E-state index contributed by atoms with van der Waals surface area (Å²) in [6.07, 6.45) is 0.651. The van der Waals surface area contributed by atoms with Crippen LogP contribution < -0.4 is 14.9 Å². The molecule has 3 aromatic rings. The van der Waals surface area contributed by atoms with Gasteiger partial charge in [0.25, 0.3) is 5.91 Å². The van der Waals surface area contributed by atoms with Crippen LogP contribution in [-0.2, 0) is 13.0 Å². The molecular formula is C25H26ClN3O4. The highest BCUT2D eigenvalue weighted by Gasteiger charge is 2.27. The van der Waals surface area contributed by atoms with Gasteiger partial charge < -0.3 is 14.4 Å². The SMILES string of the molecule is CCOc1cc2c(cc1OCC)CN(C(=O)c1nn(-c3ccccc3Cl)c(C)cc1=O)CC2. The summed E-state index contributed by atoms with van der Waals surface area (Å²) in [7, 11) is 0. The van der Waals surface area contributed by atoms with Crippen molar-refractivity contribution in [2.75, 3.05) is 19.8 Å². The van der Waals surface area contributed by atoms with Crippen molar-refractivity contribution >= 4 is 17.5 Å². The van der Waals surface area contributed by atoms with Crippen molar-refractivity contribution in [1.29, 1.82) is 0 Å². The maximum absolute atomic E-state index is 13.4. The molecule has 7 nitrogen and oxygen atoms in total. The molecule has 1 amide bonds. The van der Waals surface area contributed by atoms with Gasteiger partial charge in [0.2, 0.25) is 5.43 Å². The summed E-state index contributed by atoms with van der Waals surface area (Å²) >= 11 is 6.33. The molecule has 0 fully saturated rings. The molecular weight excluding hydrogens is 442 g/mol. The smallest absolute Gasteiger partial charge is 0.278 e. The third-order valence-corrected chi connectivity index (χ3v) is 5.88. The van der Waals surface area contributed by atoms with Crippen LogP contribution in [-0.4, -0.2) is 40.3 Å². The number of rotatable bonds is 6. The van der Waals surface area contributed by atoms with Crippen molar-refractivity contribution in [3.8, 4) is 17.2 Å². The predicted octanol–water partition coefficient (Wildman–Crippen LogP) is 4.19. The van der Waals surface area contributed by atoms with E-state index >= 15 is 0 Å². The van der Waals surface area contributed by atoms with Gasteiger partial charge in [0, 0.05) is 24.8 Å². The predicted molar refractivity (Wildman–Crippen MR) is 127 cm³/mol. The van der Waals surface area contributed by atoms with Crippen molar-refractivity contribution in [3.05, 3.63) is 80.2 Å². The van der Waals surface area contributed by atoms with Gasteiger partial charge in [-0.15, -0.1) is 0 Å². The van der Waals surface area contributed by atoms with E-state index in [4.69, 9.17) is 21.1 Å². The number of halogens is 1. The van der Waals surface area contributed by atoms with E-state index in [0.717, 1.165) is 11.1 Å². The first-order valence-electron chi connectivity index (χ1n) is 11.0. The van der Waals surface area contributed by atoms with Crippen molar-refractivity contribution in [2.45, 2.75) is 33.7 Å². The lowest BCUT2D eigenvalue weighted by Gasteiger charge is -2.29. The lowest BCUT2D eigenvalue weighted by molar-refractivity contribution is 0.0725. The van der Waals surface area contributed by atoms with Crippen LogP contribution in [0, 0.1) is 6.92 Å². The quantitative estimate of drug-likeness (QED) is 0.543. The van der Waals surface area contributed by atoms with Crippen LogP contribution in [0.25, 0.3) is 5.69 Å². The van der Waals surface area contributed by atoms with Gasteiger partial charge in [-0.05, 0) is 62.6 Å². The maximum atomic E-state index is 13.4. The number of benzene rings is 2. The molecule has 33 heavy (non-hydrogen) atoms. The standard InChI is InChI=1S/C25H26ClN3O4/c1-4-32-22-13-17-10-11-28(15-18(17)14-23(22)33-5-2)25(31)24-21(30)12-16(3)29(27-24)20-9-7-6-8-19(20)26/h6-9,12-14H,4-5,10-11,15H2,1-3H3. The number of hydrogen-bond acceptors (Lipinski definition) is 5. The van der Waals surface area contributed by atoms with Gasteiger partial charge in [-0.3, -0.25) is 9.59 Å². The Morgan fingerprint density at radius 2 is 1.73 bits per heavy atom. The van der Waals surface area contributed by atoms with Crippen molar-refractivity contribution in [3.63, 3.8) is 0 Å². The molecule has 1 aromatic heterocycles. The van der Waals surface area contributed by atoms with E-state index in [0.29, 0.717) is 60.6 Å². The van der Waals surface area contributed by atoms with Gasteiger partial charge in [-0.1, -0.05) is 23.7 Å². The number of nitrogens with zero attached hydrogens (tertiary/aromatic N) is 3. The lowest BCUT2D eigenvalue weighted by Crippen LogP contribution is -2.39. The fraction of sp³-hybridized carbons (Fsp3) is 0.320. The lowest BCUT2D eigenvalue weighted by atomic mass is 9.98. The number of aryl methyl sites for hydroxylation is 1. The molecule has 4 rings (SSSR count). The first-order valence-corrected chi connectivity index (χ1v) is 11.4. The van der Waals surface area contributed by atoms with Gasteiger partial charge in [-0.25, -0.2) is 4.68 Å². The summed E-state index contributed by atoms with van der Waals surface area (Å²) in [6.45, 7) is 7.50. The monoisotopic (exact) mass is 467 g/mol. The van der Waals surface area contributed by atoms with Gasteiger partial charge in [-0.2, -0.15) is 5.10 Å². The summed E-state index contributed by atoms with van der Waals surface area (Å²) < 4.78 is 13.0. The summed E-state index contributed by atoms with van der Waals surface area (Å²) in [6, 6.07) is 12.5. The Labute approximate surface area is 197 Å². The summed E-state index contributed by atoms with van der Waals surface area (Å²) in [5.74, 6) is 0.959. The molecule has 0 saturated heterocycles. The Morgan fingerprint density at radius 3 is 2.39 bits per heavy atom. The molecule has 2 heterocycles. The number of amides is 1. The highest BCUT2D eigenvalue weighted by atomic mass is 35.5. The zero-order chi connectivity index (χ0) is 23.5. The molecule has 0 unspecified atom stereocenters. The first-order chi connectivity index (χ1) is 15.9. The minimum Gasteiger partial charge on any atom is -0.490 e. The van der Waals surface area contributed by atoms with E-state index in [2.05, 4.69) is 5.10 Å². The summed E-state index contributed by atoms with van der Waals surface area (Å²) in [5.41, 5.74) is 2.75. The van der Waals surface area contributed by atoms with E-state index in [1.165, 1.54) is 10.7 Å². The average molecular weight is 468 g/mol. The number of para-hydroxylation sites is 1. The van der Waals surface area contributed by atoms with Crippen molar-refractivity contribution in [2.24, 2.45) is 0 Å². The molecule has 172 valence electrons. The van der Waals surface area contributed by atoms with Crippen LogP contribution >= 0.6 is 11.6 Å². The molecule has 0 bridgehead atoms. The van der Waals surface area contributed by atoms with Crippen LogP contribution in [0.2, 0.25) is 5.02 Å². The topological polar surface area (TPSA) is 73.7 Å². The number of aromatic nitrogens is 2. The van der Waals surface area contributed by atoms with Crippen molar-refractivity contribution < 1.29 is 14.3 Å². The molecule has 0 saturated carbocycles.